The molecule has 1 atom stereocenters. The molecule has 1 saturated carbocycles. The molecule has 1 saturated heterocycles. The average molecular weight is 643 g/mol. The fourth-order valence-corrected chi connectivity index (χ4v) is 6.36. The first-order valence-corrected chi connectivity index (χ1v) is 16.0. The van der Waals surface area contributed by atoms with Crippen molar-refractivity contribution in [2.75, 3.05) is 13.2 Å². The number of sulfonamides is 1. The Bertz CT molecular complexity index is 1950. The number of rotatable bonds is 8. The van der Waals surface area contributed by atoms with Crippen LogP contribution < -0.4 is 5.14 Å². The number of alkyl halides is 1. The van der Waals surface area contributed by atoms with Crippen molar-refractivity contribution < 1.29 is 36.2 Å². The van der Waals surface area contributed by atoms with Gasteiger partial charge in [0.05, 0.1) is 30.2 Å². The first-order valence-electron chi connectivity index (χ1n) is 13.6. The molecule has 228 valence electrons. The highest BCUT2D eigenvalue weighted by atomic mass is 32.2. The Labute approximate surface area is 254 Å². The maximum atomic E-state index is 14.9. The lowest BCUT2D eigenvalue weighted by Gasteiger charge is -2.10. The topological polar surface area (TPSA) is 137 Å². The third-order valence-electron chi connectivity index (χ3n) is 7.48. The number of aromatic nitrogens is 3. The molecule has 3 N–H and O–H groups in total. The molecule has 44 heavy (non-hydrogen) atoms. The zero-order valence-electron chi connectivity index (χ0n) is 23.0. The van der Waals surface area contributed by atoms with Gasteiger partial charge in [0.2, 0.25) is 15.2 Å². The number of carboxylic acid groups (broad SMARTS) is 1. The van der Waals surface area contributed by atoms with Gasteiger partial charge in [-0.2, -0.15) is 5.10 Å². The maximum absolute atomic E-state index is 14.9. The van der Waals surface area contributed by atoms with Crippen molar-refractivity contribution in [3.63, 3.8) is 0 Å². The van der Waals surface area contributed by atoms with Crippen LogP contribution in [-0.2, 0) is 27.6 Å². The normalized spacial score (nSPS) is 18.3. The van der Waals surface area contributed by atoms with Crippen molar-refractivity contribution in [1.82, 2.24) is 14.8 Å². The van der Waals surface area contributed by atoms with E-state index < -0.39 is 38.2 Å². The number of carbonyl (C=O) groups is 1. The molecule has 2 fully saturated rings. The lowest BCUT2D eigenvalue weighted by molar-refractivity contribution is 0.0691. The van der Waals surface area contributed by atoms with Crippen LogP contribution in [0.3, 0.4) is 0 Å². The summed E-state index contributed by atoms with van der Waals surface area (Å²) in [5.74, 6) is 2.56. The van der Waals surface area contributed by atoms with E-state index in [0.717, 1.165) is 36.3 Å². The number of nitrogens with zero attached hydrogens (tertiary/aromatic N) is 3. The van der Waals surface area contributed by atoms with Gasteiger partial charge in [-0.05, 0) is 61.1 Å². The van der Waals surface area contributed by atoms with Crippen LogP contribution in [0.4, 0.5) is 13.2 Å². The Morgan fingerprint density at radius 2 is 2.00 bits per heavy atom. The molecule has 4 aromatic rings. The molecule has 0 amide bonds. The quantitative estimate of drug-likeness (QED) is 0.267. The minimum absolute atomic E-state index is 0.0540. The Kier molecular flexibility index (Phi) is 7.83. The largest absolute Gasteiger partial charge is 0.476 e. The lowest BCUT2D eigenvalue weighted by atomic mass is 9.96. The van der Waals surface area contributed by atoms with E-state index in [1.54, 1.807) is 4.68 Å². The Hall–Kier alpha value is -4.03. The summed E-state index contributed by atoms with van der Waals surface area (Å²) in [5, 5.41) is 21.1. The number of halogens is 3. The van der Waals surface area contributed by atoms with Gasteiger partial charge in [0.15, 0.2) is 11.4 Å². The van der Waals surface area contributed by atoms with Gasteiger partial charge in [0.25, 0.3) is 0 Å². The van der Waals surface area contributed by atoms with Gasteiger partial charge < -0.3 is 9.84 Å². The smallest absolute Gasteiger partial charge is 0.355 e. The SMILES string of the molecule is NS(=O)(=O)c1ccc(Cc2c(-c3ccc(F)c(C#CC4(F)CCOC4)c3)nn(-c3nc(C(=O)O)cs3)c2CC2CC2)cc1F. The molecule has 3 heterocycles. The minimum Gasteiger partial charge on any atom is -0.476 e. The fraction of sp³-hybridized carbons (Fsp3) is 0.300. The number of primary sulfonamides is 1. The van der Waals surface area contributed by atoms with Gasteiger partial charge in [0, 0.05) is 29.3 Å². The molecule has 2 aliphatic rings. The Morgan fingerprint density at radius 1 is 1.20 bits per heavy atom. The molecule has 2 aromatic heterocycles. The van der Waals surface area contributed by atoms with Crippen LogP contribution in [0.25, 0.3) is 16.4 Å². The van der Waals surface area contributed by atoms with E-state index in [0.29, 0.717) is 45.5 Å². The maximum Gasteiger partial charge on any atom is 0.355 e. The number of carboxylic acids is 1. The summed E-state index contributed by atoms with van der Waals surface area (Å²) >= 11 is 1.08. The first kappa shape index (κ1) is 30.0. The van der Waals surface area contributed by atoms with Crippen molar-refractivity contribution in [3.8, 4) is 28.2 Å². The highest BCUT2D eigenvalue weighted by Crippen LogP contribution is 2.38. The van der Waals surface area contributed by atoms with Crippen LogP contribution in [0.15, 0.2) is 46.7 Å². The van der Waals surface area contributed by atoms with E-state index in [1.165, 1.54) is 29.6 Å². The third-order valence-corrected chi connectivity index (χ3v) is 9.24. The van der Waals surface area contributed by atoms with E-state index in [4.69, 9.17) is 15.0 Å². The molecule has 0 bridgehead atoms. The van der Waals surface area contributed by atoms with Crippen LogP contribution in [0.2, 0.25) is 0 Å². The second kappa shape index (κ2) is 11.5. The molecule has 1 unspecified atom stereocenters. The second-order valence-electron chi connectivity index (χ2n) is 10.9. The fourth-order valence-electron chi connectivity index (χ4n) is 5.00. The summed E-state index contributed by atoms with van der Waals surface area (Å²) in [7, 11) is -4.28. The van der Waals surface area contributed by atoms with E-state index in [9.17, 15) is 31.5 Å². The van der Waals surface area contributed by atoms with Gasteiger partial charge >= 0.3 is 5.97 Å². The Morgan fingerprint density at radius 3 is 2.64 bits per heavy atom. The molecular weight excluding hydrogens is 617 g/mol. The zero-order valence-corrected chi connectivity index (χ0v) is 24.7. The van der Waals surface area contributed by atoms with Crippen LogP contribution >= 0.6 is 11.3 Å². The zero-order chi connectivity index (χ0) is 31.2. The van der Waals surface area contributed by atoms with E-state index in [2.05, 4.69) is 16.8 Å². The van der Waals surface area contributed by atoms with Gasteiger partial charge in [-0.15, -0.1) is 11.3 Å². The second-order valence-corrected chi connectivity index (χ2v) is 13.2. The monoisotopic (exact) mass is 642 g/mol. The van der Waals surface area contributed by atoms with Crippen LogP contribution in [-0.4, -0.2) is 53.1 Å². The molecule has 1 aliphatic heterocycles. The number of ether oxygens (including phenoxy) is 1. The lowest BCUT2D eigenvalue weighted by Crippen LogP contribution is -2.19. The Balaban J connectivity index is 1.50. The van der Waals surface area contributed by atoms with Crippen molar-refractivity contribution in [1.29, 1.82) is 0 Å². The minimum atomic E-state index is -4.28. The summed E-state index contributed by atoms with van der Waals surface area (Å²) < 4.78 is 74.8. The number of benzene rings is 2. The summed E-state index contributed by atoms with van der Waals surface area (Å²) in [6, 6.07) is 7.77. The number of thiazole rings is 1. The van der Waals surface area contributed by atoms with E-state index in [-0.39, 0.29) is 37.3 Å². The highest BCUT2D eigenvalue weighted by Gasteiger charge is 2.33. The molecule has 0 spiro atoms. The average Bonchev–Trinajstić information content (AvgIpc) is 3.30. The summed E-state index contributed by atoms with van der Waals surface area (Å²) in [4.78, 5) is 15.2. The molecule has 9 nitrogen and oxygen atoms in total. The van der Waals surface area contributed by atoms with Gasteiger partial charge in [-0.25, -0.2) is 41.2 Å². The number of nitrogens with two attached hydrogens (primary N) is 1. The van der Waals surface area contributed by atoms with Gasteiger partial charge in [0.1, 0.15) is 16.5 Å². The van der Waals surface area contributed by atoms with Crippen molar-refractivity contribution >= 4 is 27.3 Å². The predicted molar refractivity (Wildman–Crippen MR) is 155 cm³/mol. The molecule has 6 rings (SSSR count). The van der Waals surface area contributed by atoms with Crippen molar-refractivity contribution in [2.45, 2.75) is 42.7 Å². The molecular formula is C30H25F3N4O5S2. The van der Waals surface area contributed by atoms with Gasteiger partial charge in [-0.1, -0.05) is 17.9 Å². The number of hydrogen-bond donors (Lipinski definition) is 2. The highest BCUT2D eigenvalue weighted by molar-refractivity contribution is 7.89. The standard InChI is InChI=1S/C30H25F3N4O5S2/c31-22-5-4-20(14-19(22)7-8-30(33)9-10-42-16-30)27-21(11-18-3-6-26(23(32)12-18)44(34,40)41)25(13-17-1-2-17)37(36-27)29-35-24(15-43-29)28(38)39/h3-6,12,14-15,17H,1-2,9-11,13,16H2,(H,38,39)(H2,34,40,41). The molecule has 2 aromatic carbocycles. The molecule has 0 radical (unpaired) electrons. The van der Waals surface area contributed by atoms with Crippen LogP contribution in [0, 0.1) is 29.4 Å². The molecule has 1 aliphatic carbocycles. The summed E-state index contributed by atoms with van der Waals surface area (Å²) in [6.07, 6.45) is 2.68. The van der Waals surface area contributed by atoms with E-state index in [1.807, 2.05) is 0 Å². The number of hydrogen-bond acceptors (Lipinski definition) is 7. The molecule has 14 heteroatoms. The third kappa shape index (κ3) is 6.27. The van der Waals surface area contributed by atoms with Crippen LogP contribution in [0.1, 0.15) is 52.1 Å². The van der Waals surface area contributed by atoms with Crippen LogP contribution in [0.5, 0.6) is 0 Å². The van der Waals surface area contributed by atoms with E-state index >= 15 is 0 Å². The summed E-state index contributed by atoms with van der Waals surface area (Å²) in [5.41, 5.74) is 0.474. The first-order chi connectivity index (χ1) is 20.9. The van der Waals surface area contributed by atoms with Crippen molar-refractivity contribution in [3.05, 3.63) is 81.5 Å². The summed E-state index contributed by atoms with van der Waals surface area (Å²) in [6.45, 7) is 0.0186. The van der Waals surface area contributed by atoms with Gasteiger partial charge in [-0.3, -0.25) is 0 Å². The predicted octanol–water partition coefficient (Wildman–Crippen LogP) is 4.64. The number of aromatic carboxylic acids is 1. The van der Waals surface area contributed by atoms with Crippen molar-refractivity contribution in [2.24, 2.45) is 11.1 Å².